The van der Waals surface area contributed by atoms with Gasteiger partial charge in [-0.1, -0.05) is 37.6 Å². The maximum absolute atomic E-state index is 5.93. The molecule has 2 aromatic heterocycles. The number of halogens is 1. The normalized spacial score (nSPS) is 11.0. The second-order valence-electron chi connectivity index (χ2n) is 5.16. The number of aromatic nitrogens is 2. The van der Waals surface area contributed by atoms with Crippen molar-refractivity contribution in [3.8, 4) is 21.8 Å². The molecule has 1 aromatic carbocycles. The second kappa shape index (κ2) is 5.96. The molecule has 0 saturated heterocycles. The van der Waals surface area contributed by atoms with Gasteiger partial charge < -0.3 is 0 Å². The highest BCUT2D eigenvalue weighted by molar-refractivity contribution is 7.13. The molecule has 0 amide bonds. The van der Waals surface area contributed by atoms with E-state index in [4.69, 9.17) is 16.6 Å². The molecule has 0 aliphatic carbocycles. The maximum Gasteiger partial charge on any atom is 0.125 e. The Kier molecular flexibility index (Phi) is 4.04. The fourth-order valence-corrected chi connectivity index (χ4v) is 3.22. The molecule has 0 aliphatic heterocycles. The van der Waals surface area contributed by atoms with E-state index in [1.807, 2.05) is 36.7 Å². The first-order valence-corrected chi connectivity index (χ1v) is 8.06. The number of hydrogen-bond acceptors (Lipinski definition) is 3. The van der Waals surface area contributed by atoms with E-state index in [1.54, 1.807) is 11.3 Å². The Labute approximate surface area is 133 Å². The van der Waals surface area contributed by atoms with E-state index in [-0.39, 0.29) is 0 Å². The molecule has 0 N–H and O–H groups in total. The molecule has 0 fully saturated rings. The van der Waals surface area contributed by atoms with Crippen LogP contribution < -0.4 is 0 Å². The van der Waals surface area contributed by atoms with Gasteiger partial charge in [0.2, 0.25) is 0 Å². The zero-order chi connectivity index (χ0) is 14.8. The lowest BCUT2D eigenvalue weighted by Gasteiger charge is -2.09. The summed E-state index contributed by atoms with van der Waals surface area (Å²) in [6, 6.07) is 9.84. The van der Waals surface area contributed by atoms with Crippen molar-refractivity contribution in [3.05, 3.63) is 58.7 Å². The summed E-state index contributed by atoms with van der Waals surface area (Å²) in [5.41, 5.74) is 4.46. The Morgan fingerprint density at radius 2 is 1.86 bits per heavy atom. The summed E-state index contributed by atoms with van der Waals surface area (Å²) in [7, 11) is 0. The molecule has 0 spiro atoms. The molecule has 2 nitrogen and oxygen atoms in total. The molecule has 21 heavy (non-hydrogen) atoms. The summed E-state index contributed by atoms with van der Waals surface area (Å²) in [5.74, 6) is 0.450. The average molecular weight is 315 g/mol. The van der Waals surface area contributed by atoms with Crippen molar-refractivity contribution >= 4 is 22.9 Å². The zero-order valence-corrected chi connectivity index (χ0v) is 13.4. The van der Waals surface area contributed by atoms with Crippen LogP contribution in [0.4, 0.5) is 0 Å². The van der Waals surface area contributed by atoms with Crippen LogP contribution in [-0.4, -0.2) is 9.97 Å². The molecule has 0 atom stereocenters. The van der Waals surface area contributed by atoms with Gasteiger partial charge in [-0.3, -0.25) is 4.98 Å². The summed E-state index contributed by atoms with van der Waals surface area (Å²) in [6.07, 6.45) is 3.74. The van der Waals surface area contributed by atoms with E-state index in [0.29, 0.717) is 5.92 Å². The van der Waals surface area contributed by atoms with Crippen LogP contribution in [0.15, 0.2) is 48.1 Å². The first kappa shape index (κ1) is 14.2. The largest absolute Gasteiger partial charge is 0.264 e. The van der Waals surface area contributed by atoms with Gasteiger partial charge in [0.05, 0.1) is 5.69 Å². The van der Waals surface area contributed by atoms with Crippen molar-refractivity contribution in [2.75, 3.05) is 0 Å². The van der Waals surface area contributed by atoms with Gasteiger partial charge in [0, 0.05) is 33.9 Å². The Morgan fingerprint density at radius 1 is 1.10 bits per heavy atom. The lowest BCUT2D eigenvalue weighted by Crippen LogP contribution is -1.93. The van der Waals surface area contributed by atoms with Crippen LogP contribution in [0.5, 0.6) is 0 Å². The van der Waals surface area contributed by atoms with Crippen molar-refractivity contribution in [1.29, 1.82) is 0 Å². The minimum Gasteiger partial charge on any atom is -0.264 e. The topological polar surface area (TPSA) is 25.8 Å². The molecule has 0 aliphatic rings. The number of thiazole rings is 1. The van der Waals surface area contributed by atoms with E-state index in [9.17, 15) is 0 Å². The van der Waals surface area contributed by atoms with Gasteiger partial charge in [-0.2, -0.15) is 0 Å². The highest BCUT2D eigenvalue weighted by Gasteiger charge is 2.12. The summed E-state index contributed by atoms with van der Waals surface area (Å²) < 4.78 is 0. The maximum atomic E-state index is 5.93. The SMILES string of the molecule is CC(C)c1ccncc1-c1nc(-c2ccc(Cl)cc2)cs1. The summed E-state index contributed by atoms with van der Waals surface area (Å²) in [4.78, 5) is 9.01. The van der Waals surface area contributed by atoms with Crippen LogP contribution in [0, 0.1) is 0 Å². The van der Waals surface area contributed by atoms with Crippen molar-refractivity contribution in [1.82, 2.24) is 9.97 Å². The number of pyridine rings is 1. The second-order valence-corrected chi connectivity index (χ2v) is 6.46. The van der Waals surface area contributed by atoms with Gasteiger partial charge in [-0.15, -0.1) is 11.3 Å². The summed E-state index contributed by atoms with van der Waals surface area (Å²) >= 11 is 7.58. The Bertz CT molecular complexity index is 747. The Morgan fingerprint density at radius 3 is 2.57 bits per heavy atom. The van der Waals surface area contributed by atoms with Gasteiger partial charge in [0.15, 0.2) is 0 Å². The molecule has 2 heterocycles. The van der Waals surface area contributed by atoms with Crippen LogP contribution in [0.3, 0.4) is 0 Å². The van der Waals surface area contributed by atoms with Crippen LogP contribution in [0.25, 0.3) is 21.8 Å². The molecule has 0 unspecified atom stereocenters. The number of rotatable bonds is 3. The molecule has 0 bridgehead atoms. The molecular formula is C17H15ClN2S. The van der Waals surface area contributed by atoms with Gasteiger partial charge in [-0.05, 0) is 29.7 Å². The molecular weight excluding hydrogens is 300 g/mol. The van der Waals surface area contributed by atoms with Gasteiger partial charge in [0.25, 0.3) is 0 Å². The van der Waals surface area contributed by atoms with E-state index in [0.717, 1.165) is 26.9 Å². The van der Waals surface area contributed by atoms with Crippen molar-refractivity contribution in [2.24, 2.45) is 0 Å². The number of nitrogens with zero attached hydrogens (tertiary/aromatic N) is 2. The fraction of sp³-hybridized carbons (Fsp3) is 0.176. The third kappa shape index (κ3) is 2.99. The van der Waals surface area contributed by atoms with Crippen molar-refractivity contribution in [3.63, 3.8) is 0 Å². The minimum absolute atomic E-state index is 0.450. The molecule has 106 valence electrons. The van der Waals surface area contributed by atoms with E-state index in [2.05, 4.69) is 30.3 Å². The number of hydrogen-bond donors (Lipinski definition) is 0. The smallest absolute Gasteiger partial charge is 0.125 e. The fourth-order valence-electron chi connectivity index (χ4n) is 2.24. The third-order valence-electron chi connectivity index (χ3n) is 3.35. The number of benzene rings is 1. The lowest BCUT2D eigenvalue weighted by molar-refractivity contribution is 0.865. The first-order valence-electron chi connectivity index (χ1n) is 6.81. The monoisotopic (exact) mass is 314 g/mol. The van der Waals surface area contributed by atoms with Crippen LogP contribution >= 0.6 is 22.9 Å². The van der Waals surface area contributed by atoms with Crippen molar-refractivity contribution < 1.29 is 0 Å². The Balaban J connectivity index is 2.01. The lowest BCUT2D eigenvalue weighted by atomic mass is 10.00. The molecule has 0 saturated carbocycles. The summed E-state index contributed by atoms with van der Waals surface area (Å²) in [5, 5.41) is 3.83. The highest BCUT2D eigenvalue weighted by atomic mass is 35.5. The van der Waals surface area contributed by atoms with E-state index < -0.39 is 0 Å². The first-order chi connectivity index (χ1) is 10.1. The van der Waals surface area contributed by atoms with Gasteiger partial charge in [0.1, 0.15) is 5.01 Å². The zero-order valence-electron chi connectivity index (χ0n) is 11.9. The van der Waals surface area contributed by atoms with Crippen LogP contribution in [0.1, 0.15) is 25.3 Å². The highest BCUT2D eigenvalue weighted by Crippen LogP contribution is 2.33. The summed E-state index contributed by atoms with van der Waals surface area (Å²) in [6.45, 7) is 4.37. The molecule has 3 rings (SSSR count). The Hall–Kier alpha value is -1.71. The van der Waals surface area contributed by atoms with Gasteiger partial charge in [-0.25, -0.2) is 4.98 Å². The minimum atomic E-state index is 0.450. The van der Waals surface area contributed by atoms with Crippen molar-refractivity contribution in [2.45, 2.75) is 19.8 Å². The quantitative estimate of drug-likeness (QED) is 0.624. The standard InChI is InChI=1S/C17H15ClN2S/c1-11(2)14-7-8-19-9-15(14)17-20-16(10-21-17)12-3-5-13(18)6-4-12/h3-11H,1-2H3. The molecule has 3 aromatic rings. The predicted octanol–water partition coefficient (Wildman–Crippen LogP) is 5.65. The van der Waals surface area contributed by atoms with Gasteiger partial charge >= 0.3 is 0 Å². The third-order valence-corrected chi connectivity index (χ3v) is 4.48. The average Bonchev–Trinajstić information content (AvgIpc) is 2.97. The molecule has 0 radical (unpaired) electrons. The van der Waals surface area contributed by atoms with Crippen LogP contribution in [0.2, 0.25) is 5.02 Å². The van der Waals surface area contributed by atoms with E-state index in [1.165, 1.54) is 5.56 Å². The predicted molar refractivity (Wildman–Crippen MR) is 89.9 cm³/mol. The molecule has 4 heteroatoms. The van der Waals surface area contributed by atoms with Crippen LogP contribution in [-0.2, 0) is 0 Å². The van der Waals surface area contributed by atoms with E-state index >= 15 is 0 Å².